The van der Waals surface area contributed by atoms with Gasteiger partial charge in [0, 0.05) is 18.2 Å². The van der Waals surface area contributed by atoms with Crippen LogP contribution in [0.1, 0.15) is 47.2 Å². The summed E-state index contributed by atoms with van der Waals surface area (Å²) in [6.07, 6.45) is 4.10. The largest absolute Gasteiger partial charge is 0.362 e. The third-order valence-corrected chi connectivity index (χ3v) is 5.63. The van der Waals surface area contributed by atoms with Gasteiger partial charge in [0.05, 0.1) is 12.2 Å². The average molecular weight is 416 g/mol. The Kier molecular flexibility index (Phi) is 5.11. The summed E-state index contributed by atoms with van der Waals surface area (Å²) in [7, 11) is 0. The number of aryl methyl sites for hydroxylation is 1. The van der Waals surface area contributed by atoms with E-state index in [0.717, 1.165) is 49.4 Å². The number of anilines is 1. The predicted octanol–water partition coefficient (Wildman–Crippen LogP) is 2.36. The van der Waals surface area contributed by atoms with Crippen LogP contribution >= 0.6 is 0 Å². The van der Waals surface area contributed by atoms with Gasteiger partial charge in [-0.1, -0.05) is 36.4 Å². The molecule has 0 spiro atoms. The van der Waals surface area contributed by atoms with Crippen molar-refractivity contribution in [2.75, 3.05) is 18.0 Å². The minimum Gasteiger partial charge on any atom is -0.362 e. The number of nitrogens with one attached hydrogen (secondary N) is 2. The monoisotopic (exact) mass is 416 g/mol. The topological polar surface area (TPSA) is 92.2 Å². The molecule has 1 fully saturated rings. The summed E-state index contributed by atoms with van der Waals surface area (Å²) in [5.41, 5.74) is 8.15. The summed E-state index contributed by atoms with van der Waals surface area (Å²) in [6, 6.07) is 17.7. The van der Waals surface area contributed by atoms with E-state index in [-0.39, 0.29) is 18.3 Å². The number of hydrogen-bond donors (Lipinski definition) is 2. The second kappa shape index (κ2) is 8.22. The molecule has 158 valence electrons. The molecule has 2 heterocycles. The first-order valence-corrected chi connectivity index (χ1v) is 10.6. The Hall–Kier alpha value is -3.68. The molecule has 1 aromatic heterocycles. The number of fused-ring (bicyclic) bond motifs is 1. The van der Waals surface area contributed by atoms with Crippen LogP contribution < -0.4 is 15.8 Å². The van der Waals surface area contributed by atoms with Gasteiger partial charge in [0.2, 0.25) is 5.82 Å². The lowest BCUT2D eigenvalue weighted by atomic mass is 10.0. The molecule has 2 aliphatic rings. The standard InChI is InChI=1S/C23H24N6O2/c30-20(15-28-14-6-8-16-7-4-5-11-19(16)28)25-26-23(31)21-24-22(17-12-13-17)29(27-21)18-9-2-1-3-10-18/h1-5,7,9-11,17H,6,8,12-15H2,(H,25,30)(H,26,31). The highest BCUT2D eigenvalue weighted by atomic mass is 16.2. The molecule has 2 aromatic carbocycles. The molecule has 3 aromatic rings. The fraction of sp³-hybridized carbons (Fsp3) is 0.304. The second-order valence-electron chi connectivity index (χ2n) is 7.97. The van der Waals surface area contributed by atoms with E-state index in [1.165, 1.54) is 5.56 Å². The summed E-state index contributed by atoms with van der Waals surface area (Å²) in [6.45, 7) is 0.989. The smallest absolute Gasteiger partial charge is 0.309 e. The van der Waals surface area contributed by atoms with E-state index >= 15 is 0 Å². The molecule has 0 bridgehead atoms. The van der Waals surface area contributed by atoms with E-state index in [1.54, 1.807) is 4.68 Å². The number of nitrogens with zero attached hydrogens (tertiary/aromatic N) is 4. The lowest BCUT2D eigenvalue weighted by Crippen LogP contribution is -2.47. The Labute approximate surface area is 180 Å². The number of hydrazine groups is 1. The van der Waals surface area contributed by atoms with Gasteiger partial charge in [-0.3, -0.25) is 20.4 Å². The average Bonchev–Trinajstić information content (AvgIpc) is 3.56. The van der Waals surface area contributed by atoms with Crippen LogP contribution in [-0.4, -0.2) is 39.7 Å². The van der Waals surface area contributed by atoms with Crippen molar-refractivity contribution in [3.63, 3.8) is 0 Å². The molecular weight excluding hydrogens is 392 g/mol. The minimum absolute atomic E-state index is 0.0503. The van der Waals surface area contributed by atoms with Crippen molar-refractivity contribution in [3.8, 4) is 5.69 Å². The van der Waals surface area contributed by atoms with Crippen LogP contribution in [0, 0.1) is 0 Å². The van der Waals surface area contributed by atoms with Crippen molar-refractivity contribution < 1.29 is 9.59 Å². The van der Waals surface area contributed by atoms with Crippen molar-refractivity contribution in [2.24, 2.45) is 0 Å². The van der Waals surface area contributed by atoms with Crippen molar-refractivity contribution in [1.29, 1.82) is 0 Å². The fourth-order valence-electron chi connectivity index (χ4n) is 3.96. The molecule has 0 atom stereocenters. The zero-order valence-electron chi connectivity index (χ0n) is 17.1. The van der Waals surface area contributed by atoms with E-state index in [2.05, 4.69) is 27.0 Å². The van der Waals surface area contributed by atoms with Gasteiger partial charge in [-0.15, -0.1) is 5.10 Å². The number of aromatic nitrogens is 3. The normalized spacial score (nSPS) is 15.3. The maximum absolute atomic E-state index is 12.6. The minimum atomic E-state index is -0.524. The molecule has 2 N–H and O–H groups in total. The van der Waals surface area contributed by atoms with Crippen molar-refractivity contribution in [3.05, 3.63) is 71.8 Å². The van der Waals surface area contributed by atoms with E-state index in [1.807, 2.05) is 53.4 Å². The van der Waals surface area contributed by atoms with E-state index < -0.39 is 5.91 Å². The van der Waals surface area contributed by atoms with Crippen molar-refractivity contribution in [1.82, 2.24) is 25.6 Å². The van der Waals surface area contributed by atoms with Crippen LogP contribution in [0.25, 0.3) is 5.69 Å². The van der Waals surface area contributed by atoms with Gasteiger partial charge in [0.25, 0.3) is 5.91 Å². The third kappa shape index (κ3) is 4.14. The number of carbonyl (C=O) groups is 2. The second-order valence-corrected chi connectivity index (χ2v) is 7.97. The SMILES string of the molecule is O=C(CN1CCCc2ccccc21)NNC(=O)c1nc(C2CC2)n(-c2ccccc2)n1. The molecule has 8 heteroatoms. The molecule has 5 rings (SSSR count). The van der Waals surface area contributed by atoms with Crippen LogP contribution in [0.3, 0.4) is 0 Å². The van der Waals surface area contributed by atoms with E-state index in [0.29, 0.717) is 5.92 Å². The molecule has 1 saturated carbocycles. The Balaban J connectivity index is 1.24. The van der Waals surface area contributed by atoms with Crippen molar-refractivity contribution >= 4 is 17.5 Å². The predicted molar refractivity (Wildman–Crippen MR) is 116 cm³/mol. The highest BCUT2D eigenvalue weighted by Gasteiger charge is 2.31. The Bertz CT molecular complexity index is 1110. The Morgan fingerprint density at radius 1 is 1.00 bits per heavy atom. The van der Waals surface area contributed by atoms with Crippen molar-refractivity contribution in [2.45, 2.75) is 31.6 Å². The summed E-state index contributed by atoms with van der Waals surface area (Å²) >= 11 is 0. The first-order chi connectivity index (χ1) is 15.2. The van der Waals surface area contributed by atoms with E-state index in [9.17, 15) is 9.59 Å². The van der Waals surface area contributed by atoms with Crippen LogP contribution in [0.4, 0.5) is 5.69 Å². The zero-order valence-corrected chi connectivity index (χ0v) is 17.1. The zero-order chi connectivity index (χ0) is 21.2. The fourth-order valence-corrected chi connectivity index (χ4v) is 3.96. The van der Waals surface area contributed by atoms with Gasteiger partial charge in [-0.05, 0) is 49.4 Å². The summed E-state index contributed by atoms with van der Waals surface area (Å²) in [4.78, 5) is 31.5. The summed E-state index contributed by atoms with van der Waals surface area (Å²) in [5, 5.41) is 4.40. The van der Waals surface area contributed by atoms with Crippen LogP contribution in [0.15, 0.2) is 54.6 Å². The lowest BCUT2D eigenvalue weighted by Gasteiger charge is -2.30. The highest BCUT2D eigenvalue weighted by molar-refractivity contribution is 5.92. The van der Waals surface area contributed by atoms with Gasteiger partial charge >= 0.3 is 5.91 Å². The first kappa shape index (κ1) is 19.3. The van der Waals surface area contributed by atoms with Gasteiger partial charge in [-0.2, -0.15) is 0 Å². The molecule has 31 heavy (non-hydrogen) atoms. The molecule has 0 unspecified atom stereocenters. The van der Waals surface area contributed by atoms with Gasteiger partial charge in [0.15, 0.2) is 0 Å². The number of benzene rings is 2. The molecule has 2 amide bonds. The Morgan fingerprint density at radius 2 is 1.77 bits per heavy atom. The first-order valence-electron chi connectivity index (χ1n) is 10.6. The number of rotatable bonds is 5. The maximum atomic E-state index is 12.6. The number of amides is 2. The molecule has 1 aliphatic heterocycles. The summed E-state index contributed by atoms with van der Waals surface area (Å²) in [5.74, 6) is 0.351. The van der Waals surface area contributed by atoms with Gasteiger partial charge in [0.1, 0.15) is 5.82 Å². The quantitative estimate of drug-likeness (QED) is 0.623. The lowest BCUT2D eigenvalue weighted by molar-refractivity contribution is -0.120. The van der Waals surface area contributed by atoms with Gasteiger partial charge in [-0.25, -0.2) is 9.67 Å². The Morgan fingerprint density at radius 3 is 2.58 bits per heavy atom. The number of hydrogen-bond acceptors (Lipinski definition) is 5. The molecule has 0 saturated heterocycles. The van der Waals surface area contributed by atoms with Gasteiger partial charge < -0.3 is 4.90 Å². The molecule has 0 radical (unpaired) electrons. The van der Waals surface area contributed by atoms with Crippen LogP contribution in [0.2, 0.25) is 0 Å². The maximum Gasteiger partial charge on any atom is 0.309 e. The molecular formula is C23H24N6O2. The molecule has 1 aliphatic carbocycles. The van der Waals surface area contributed by atoms with Crippen LogP contribution in [0.5, 0.6) is 0 Å². The highest BCUT2D eigenvalue weighted by Crippen LogP contribution is 2.39. The number of carbonyl (C=O) groups excluding carboxylic acids is 2. The number of para-hydroxylation sites is 2. The van der Waals surface area contributed by atoms with Crippen LogP contribution in [-0.2, 0) is 11.2 Å². The molecule has 8 nitrogen and oxygen atoms in total. The summed E-state index contributed by atoms with van der Waals surface area (Å²) < 4.78 is 1.72. The third-order valence-electron chi connectivity index (χ3n) is 5.63. The van der Waals surface area contributed by atoms with E-state index in [4.69, 9.17) is 0 Å².